The van der Waals surface area contributed by atoms with E-state index < -0.39 is 28.0 Å². The number of nitrogens with one attached hydrogen (secondary N) is 3. The molecule has 0 aromatic heterocycles. The molecule has 0 spiro atoms. The maximum absolute atomic E-state index is 13.5. The van der Waals surface area contributed by atoms with Crippen molar-refractivity contribution < 1.29 is 22.8 Å². The maximum Gasteiger partial charge on any atom is 0.329 e. The number of urea groups is 2. The van der Waals surface area contributed by atoms with E-state index in [2.05, 4.69) is 10.6 Å². The Morgan fingerprint density at radius 2 is 1.45 bits per heavy atom. The quantitative estimate of drug-likeness (QED) is 0.406. The molecule has 0 saturated heterocycles. The minimum Gasteiger partial charge on any atom is -0.331 e. The molecule has 1 unspecified atom stereocenters. The second-order valence-corrected chi connectivity index (χ2v) is 10.5. The third kappa shape index (κ3) is 7.32. The first kappa shape index (κ1) is 28.2. The number of benzene rings is 3. The first-order valence-electron chi connectivity index (χ1n) is 11.8. The van der Waals surface area contributed by atoms with Gasteiger partial charge in [-0.25, -0.2) is 22.7 Å². The van der Waals surface area contributed by atoms with Gasteiger partial charge in [-0.15, -0.1) is 0 Å². The monoisotopic (exact) mass is 537 g/mol. The lowest BCUT2D eigenvalue weighted by Crippen LogP contribution is -2.52. The number of rotatable bonds is 8. The van der Waals surface area contributed by atoms with E-state index in [4.69, 9.17) is 0 Å². The summed E-state index contributed by atoms with van der Waals surface area (Å²) in [6, 6.07) is 19.6. The van der Waals surface area contributed by atoms with Gasteiger partial charge in [-0.05, 0) is 48.4 Å². The van der Waals surface area contributed by atoms with Crippen LogP contribution in [0.2, 0.25) is 0 Å². The molecule has 0 bridgehead atoms. The van der Waals surface area contributed by atoms with Gasteiger partial charge in [-0.2, -0.15) is 0 Å². The van der Waals surface area contributed by atoms with E-state index in [1.807, 2.05) is 35.1 Å². The highest BCUT2D eigenvalue weighted by Crippen LogP contribution is 2.19. The van der Waals surface area contributed by atoms with Gasteiger partial charge in [0.05, 0.1) is 4.90 Å². The van der Waals surface area contributed by atoms with Crippen LogP contribution in [0.3, 0.4) is 0 Å². The van der Waals surface area contributed by atoms with Crippen LogP contribution in [0, 0.1) is 6.92 Å². The summed E-state index contributed by atoms with van der Waals surface area (Å²) in [6.07, 6.45) is 0.138. The highest BCUT2D eigenvalue weighted by Gasteiger charge is 2.28. The van der Waals surface area contributed by atoms with Crippen LogP contribution in [0.5, 0.6) is 0 Å². The van der Waals surface area contributed by atoms with Crippen molar-refractivity contribution in [2.24, 2.45) is 0 Å². The van der Waals surface area contributed by atoms with Crippen LogP contribution in [0.25, 0.3) is 0 Å². The lowest BCUT2D eigenvalue weighted by molar-refractivity contribution is -0.120. The van der Waals surface area contributed by atoms with Gasteiger partial charge in [0.2, 0.25) is 5.91 Å². The van der Waals surface area contributed by atoms with Gasteiger partial charge in [-0.1, -0.05) is 48.5 Å². The van der Waals surface area contributed by atoms with E-state index in [-0.39, 0.29) is 17.3 Å². The van der Waals surface area contributed by atoms with Crippen LogP contribution in [-0.2, 0) is 21.2 Å². The zero-order valence-corrected chi connectivity index (χ0v) is 22.5. The highest BCUT2D eigenvalue weighted by molar-refractivity contribution is 7.90. The zero-order chi connectivity index (χ0) is 27.9. The number of hydrogen-bond acceptors (Lipinski definition) is 5. The van der Waals surface area contributed by atoms with Crippen LogP contribution in [-0.4, -0.2) is 58.5 Å². The fourth-order valence-electron chi connectivity index (χ4n) is 3.64. The number of anilines is 2. The van der Waals surface area contributed by atoms with E-state index >= 15 is 0 Å². The summed E-state index contributed by atoms with van der Waals surface area (Å²) in [5, 5.41) is 5.25. The molecule has 5 amide bonds. The number of amides is 5. The van der Waals surface area contributed by atoms with E-state index in [9.17, 15) is 22.8 Å². The molecule has 10 nitrogen and oxygen atoms in total. The second kappa shape index (κ2) is 12.2. The van der Waals surface area contributed by atoms with Crippen LogP contribution in [0.4, 0.5) is 21.0 Å². The zero-order valence-electron chi connectivity index (χ0n) is 21.6. The minimum absolute atomic E-state index is 0.0281. The van der Waals surface area contributed by atoms with E-state index in [0.717, 1.165) is 5.56 Å². The third-order valence-corrected chi connectivity index (χ3v) is 7.23. The van der Waals surface area contributed by atoms with Crippen LogP contribution < -0.4 is 20.3 Å². The van der Waals surface area contributed by atoms with Crippen molar-refractivity contribution in [3.8, 4) is 0 Å². The predicted molar refractivity (Wildman–Crippen MR) is 147 cm³/mol. The summed E-state index contributed by atoms with van der Waals surface area (Å²) < 4.78 is 27.6. The largest absolute Gasteiger partial charge is 0.331 e. The number of likely N-dealkylation sites (N-methyl/N-ethyl adjacent to an activating group) is 1. The molecule has 1 atom stereocenters. The fourth-order valence-corrected chi connectivity index (χ4v) is 4.80. The van der Waals surface area contributed by atoms with Gasteiger partial charge < -0.3 is 20.4 Å². The smallest absolute Gasteiger partial charge is 0.329 e. The number of carbonyl (C=O) groups is 3. The molecular weight excluding hydrogens is 506 g/mol. The third-order valence-electron chi connectivity index (χ3n) is 5.74. The Bertz CT molecular complexity index is 1390. The fraction of sp³-hybridized carbons (Fsp3) is 0.222. The molecular formula is C27H31N5O5S. The molecule has 0 heterocycles. The Morgan fingerprint density at radius 3 is 2.05 bits per heavy atom. The molecule has 0 aliphatic heterocycles. The van der Waals surface area contributed by atoms with Gasteiger partial charge in [-0.3, -0.25) is 4.79 Å². The SMILES string of the molecule is Cc1ccccc1S(=O)(=O)NC(=O)NC(Cc1ccccc1)C(=O)N(C)c1ccc(NC(=O)N(C)C)cc1. The van der Waals surface area contributed by atoms with Gasteiger partial charge in [0.15, 0.2) is 0 Å². The Kier molecular flexibility index (Phi) is 9.08. The first-order valence-corrected chi connectivity index (χ1v) is 13.2. The summed E-state index contributed by atoms with van der Waals surface area (Å²) in [6.45, 7) is 1.63. The average molecular weight is 538 g/mol. The average Bonchev–Trinajstić information content (AvgIpc) is 2.88. The molecule has 0 radical (unpaired) electrons. The van der Waals surface area contributed by atoms with Crippen molar-refractivity contribution in [1.29, 1.82) is 0 Å². The summed E-state index contributed by atoms with van der Waals surface area (Å²) >= 11 is 0. The van der Waals surface area contributed by atoms with Gasteiger partial charge >= 0.3 is 12.1 Å². The van der Waals surface area contributed by atoms with Crippen molar-refractivity contribution in [3.63, 3.8) is 0 Å². The topological polar surface area (TPSA) is 128 Å². The van der Waals surface area contributed by atoms with Crippen molar-refractivity contribution in [2.45, 2.75) is 24.3 Å². The maximum atomic E-state index is 13.5. The summed E-state index contributed by atoms with van der Waals surface area (Å²) in [4.78, 5) is 40.9. The molecule has 3 aromatic rings. The van der Waals surface area contributed by atoms with Crippen molar-refractivity contribution in [2.75, 3.05) is 31.4 Å². The Hall–Kier alpha value is -4.38. The van der Waals surface area contributed by atoms with Crippen molar-refractivity contribution in [1.82, 2.24) is 14.9 Å². The molecule has 3 N–H and O–H groups in total. The van der Waals surface area contributed by atoms with Crippen molar-refractivity contribution in [3.05, 3.63) is 90.0 Å². The minimum atomic E-state index is -4.15. The van der Waals surface area contributed by atoms with Gasteiger partial charge in [0, 0.05) is 38.9 Å². The van der Waals surface area contributed by atoms with Crippen molar-refractivity contribution >= 4 is 39.4 Å². The molecule has 0 aliphatic rings. The Morgan fingerprint density at radius 1 is 0.842 bits per heavy atom. The molecule has 38 heavy (non-hydrogen) atoms. The Labute approximate surface area is 222 Å². The molecule has 3 rings (SSSR count). The number of hydrogen-bond donors (Lipinski definition) is 3. The molecule has 200 valence electrons. The standard InChI is InChI=1S/C27H31N5O5S/c1-19-10-8-9-13-24(19)38(36,37)30-26(34)29-23(18-20-11-6-5-7-12-20)25(33)32(4)22-16-14-21(15-17-22)28-27(35)31(2)3/h5-17,23H,18H2,1-4H3,(H,28,35)(H2,29,30,34). The summed E-state index contributed by atoms with van der Waals surface area (Å²) in [5.41, 5.74) is 2.33. The normalized spacial score (nSPS) is 11.7. The number of carbonyl (C=O) groups excluding carboxylic acids is 3. The number of nitrogens with zero attached hydrogens (tertiary/aromatic N) is 2. The molecule has 11 heteroatoms. The predicted octanol–water partition coefficient (Wildman–Crippen LogP) is 3.35. The lowest BCUT2D eigenvalue weighted by atomic mass is 10.0. The summed E-state index contributed by atoms with van der Waals surface area (Å²) in [5.74, 6) is -0.456. The van der Waals surface area contributed by atoms with Crippen LogP contribution in [0.15, 0.2) is 83.8 Å². The highest BCUT2D eigenvalue weighted by atomic mass is 32.2. The molecule has 0 fully saturated rings. The molecule has 0 aliphatic carbocycles. The van der Waals surface area contributed by atoms with E-state index in [0.29, 0.717) is 16.9 Å². The van der Waals surface area contributed by atoms with Gasteiger partial charge in [0.1, 0.15) is 6.04 Å². The second-order valence-electron chi connectivity index (χ2n) is 8.86. The summed E-state index contributed by atoms with van der Waals surface area (Å²) in [7, 11) is 0.647. The molecule has 3 aromatic carbocycles. The number of sulfonamides is 1. The van der Waals surface area contributed by atoms with E-state index in [1.54, 1.807) is 70.5 Å². The van der Waals surface area contributed by atoms with Crippen LogP contribution >= 0.6 is 0 Å². The van der Waals surface area contributed by atoms with Gasteiger partial charge in [0.25, 0.3) is 10.0 Å². The van der Waals surface area contributed by atoms with Crippen LogP contribution in [0.1, 0.15) is 11.1 Å². The first-order chi connectivity index (χ1) is 18.0. The molecule has 0 saturated carbocycles. The lowest BCUT2D eigenvalue weighted by Gasteiger charge is -2.25. The number of aryl methyl sites for hydroxylation is 1. The Balaban J connectivity index is 1.79. The van der Waals surface area contributed by atoms with E-state index in [1.165, 1.54) is 15.9 Å².